The molecule has 2 N–H and O–H groups in total. The number of ether oxygens (including phenoxy) is 1. The van der Waals surface area contributed by atoms with E-state index in [0.717, 1.165) is 16.8 Å². The summed E-state index contributed by atoms with van der Waals surface area (Å²) in [6.07, 6.45) is 0. The minimum absolute atomic E-state index is 0.0459. The first-order valence-corrected chi connectivity index (χ1v) is 11.6. The quantitative estimate of drug-likeness (QED) is 0.592. The number of amides is 1. The lowest BCUT2D eigenvalue weighted by molar-refractivity contribution is -0.121. The highest BCUT2D eigenvalue weighted by Gasteiger charge is 2.32. The van der Waals surface area contributed by atoms with Gasteiger partial charge in [0.25, 0.3) is 5.91 Å². The monoisotopic (exact) mass is 530 g/mol. The van der Waals surface area contributed by atoms with Gasteiger partial charge in [0.15, 0.2) is 23.1 Å². The number of rotatable bonds is 4. The molecule has 2 aromatic carbocycles. The zero-order valence-electron chi connectivity index (χ0n) is 21.8. The van der Waals surface area contributed by atoms with Crippen LogP contribution in [0.5, 0.6) is 5.75 Å². The van der Waals surface area contributed by atoms with Gasteiger partial charge in [0, 0.05) is 31.3 Å². The molecule has 0 atom stereocenters. The summed E-state index contributed by atoms with van der Waals surface area (Å²) in [6, 6.07) is 12.9. The Hall–Kier alpha value is -4.75. The summed E-state index contributed by atoms with van der Waals surface area (Å²) in [7, 11) is 4.74. The largest absolute Gasteiger partial charge is 0.495 e. The molecule has 0 bridgehead atoms. The highest BCUT2D eigenvalue weighted by Crippen LogP contribution is 2.32. The number of nitriles is 1. The second-order valence-corrected chi connectivity index (χ2v) is 9.00. The Morgan fingerprint density at radius 2 is 1.71 bits per heavy atom. The number of methoxy groups -OCH3 is 1. The van der Waals surface area contributed by atoms with Crippen LogP contribution in [0.3, 0.4) is 0 Å². The van der Waals surface area contributed by atoms with E-state index in [0.29, 0.717) is 22.0 Å². The second-order valence-electron chi connectivity index (χ2n) is 8.60. The molecule has 194 valence electrons. The number of benzene rings is 2. The lowest BCUT2D eigenvalue weighted by Gasteiger charge is -2.16. The number of amidine groups is 2. The van der Waals surface area contributed by atoms with E-state index in [1.54, 1.807) is 32.3 Å². The van der Waals surface area contributed by atoms with E-state index in [2.05, 4.69) is 23.4 Å². The Morgan fingerprint density at radius 3 is 2.29 bits per heavy atom. The van der Waals surface area contributed by atoms with Crippen LogP contribution >= 0.6 is 11.6 Å². The van der Waals surface area contributed by atoms with Crippen molar-refractivity contribution in [2.45, 2.75) is 13.8 Å². The van der Waals surface area contributed by atoms with Gasteiger partial charge in [-0.15, -0.1) is 0 Å². The number of halogens is 1. The summed E-state index contributed by atoms with van der Waals surface area (Å²) in [4.78, 5) is 13.4. The number of nitrogens with one attached hydrogen (secondary N) is 2. The number of carbonyl (C=O) groups excluding carboxylic acids is 1. The van der Waals surface area contributed by atoms with Crippen LogP contribution in [-0.4, -0.2) is 55.1 Å². The lowest BCUT2D eigenvalue weighted by atomic mass is 10.1. The van der Waals surface area contributed by atoms with E-state index < -0.39 is 0 Å². The first-order chi connectivity index (χ1) is 17.9. The predicted molar refractivity (Wildman–Crippen MR) is 152 cm³/mol. The van der Waals surface area contributed by atoms with Crippen LogP contribution in [-0.2, 0) is 4.79 Å². The van der Waals surface area contributed by atoms with Gasteiger partial charge in [-0.2, -0.15) is 15.5 Å². The maximum atomic E-state index is 12.0. The first kappa shape index (κ1) is 27.8. The minimum atomic E-state index is -0.298. The van der Waals surface area contributed by atoms with Gasteiger partial charge in [0.05, 0.1) is 23.5 Å². The van der Waals surface area contributed by atoms with Crippen LogP contribution in [0.25, 0.3) is 0 Å². The fourth-order valence-electron chi connectivity index (χ4n) is 3.46. The summed E-state index contributed by atoms with van der Waals surface area (Å²) in [6.45, 7) is 11.4. The van der Waals surface area contributed by atoms with Gasteiger partial charge in [-0.25, -0.2) is 10.0 Å². The number of nitrogens with zero attached hydrogens (tertiary/aromatic N) is 6. The standard InChI is InChI=1S/C14H15ClN4O2.C13H12N4/c1-8-12(14(20)18(2)3)17-19(13(8)16)9-5-6-10(15)11(7-9)21-4;1-8-4-5-9(2)12(6-8)17-13(15)10(3)11(7-14)16-17/h5-7,16H,1H2,2-4H3;4-6,15H,3H2,1-2H3. The molecule has 0 unspecified atom stereocenters. The van der Waals surface area contributed by atoms with Gasteiger partial charge in [0.2, 0.25) is 0 Å². The average molecular weight is 531 g/mol. The Balaban J connectivity index is 0.000000215. The van der Waals surface area contributed by atoms with Crippen LogP contribution < -0.4 is 14.8 Å². The number of aryl methyl sites for hydroxylation is 2. The third-order valence-electron chi connectivity index (χ3n) is 5.65. The van der Waals surface area contributed by atoms with Crippen molar-refractivity contribution in [2.24, 2.45) is 10.2 Å². The van der Waals surface area contributed by atoms with Crippen LogP contribution in [0, 0.1) is 36.0 Å². The van der Waals surface area contributed by atoms with Crippen LogP contribution in [0.15, 0.2) is 70.9 Å². The molecule has 0 spiro atoms. The van der Waals surface area contributed by atoms with Crippen molar-refractivity contribution in [3.63, 3.8) is 0 Å². The molecule has 4 rings (SSSR count). The minimum Gasteiger partial charge on any atom is -0.495 e. The molecular formula is C27H27ClN8O2. The molecule has 0 aromatic heterocycles. The van der Waals surface area contributed by atoms with Crippen molar-refractivity contribution >= 4 is 52.0 Å². The third-order valence-corrected chi connectivity index (χ3v) is 5.97. The number of hydrogen-bond acceptors (Lipinski definition) is 7. The molecule has 10 nitrogen and oxygen atoms in total. The van der Waals surface area contributed by atoms with Crippen molar-refractivity contribution < 1.29 is 9.53 Å². The van der Waals surface area contributed by atoms with Gasteiger partial charge in [-0.1, -0.05) is 36.9 Å². The fraction of sp³-hybridized carbons (Fsp3) is 0.185. The van der Waals surface area contributed by atoms with Crippen molar-refractivity contribution in [3.05, 3.63) is 76.9 Å². The molecule has 0 saturated heterocycles. The Morgan fingerprint density at radius 1 is 1.05 bits per heavy atom. The van der Waals surface area contributed by atoms with E-state index in [4.69, 9.17) is 32.4 Å². The maximum absolute atomic E-state index is 12.0. The van der Waals surface area contributed by atoms with E-state index in [9.17, 15) is 4.79 Å². The zero-order chi connectivity index (χ0) is 28.3. The van der Waals surface area contributed by atoms with Gasteiger partial charge in [0.1, 0.15) is 11.8 Å². The number of anilines is 2. The Kier molecular flexibility index (Phi) is 8.13. The molecule has 0 aliphatic carbocycles. The van der Waals surface area contributed by atoms with Crippen LogP contribution in [0.2, 0.25) is 5.02 Å². The summed E-state index contributed by atoms with van der Waals surface area (Å²) in [5.74, 6) is 0.378. The van der Waals surface area contributed by atoms with Gasteiger partial charge < -0.3 is 9.64 Å². The molecule has 0 fully saturated rings. The Bertz CT molecular complexity index is 1480. The number of hydrogen-bond donors (Lipinski definition) is 2. The smallest absolute Gasteiger partial charge is 0.274 e. The zero-order valence-corrected chi connectivity index (χ0v) is 22.5. The topological polar surface area (TPSA) is 132 Å². The van der Waals surface area contributed by atoms with E-state index >= 15 is 0 Å². The molecule has 38 heavy (non-hydrogen) atoms. The van der Waals surface area contributed by atoms with E-state index in [-0.39, 0.29) is 34.6 Å². The molecule has 2 aliphatic rings. The normalized spacial score (nSPS) is 14.6. The second kappa shape index (κ2) is 11.1. The maximum Gasteiger partial charge on any atom is 0.274 e. The van der Waals surface area contributed by atoms with Crippen molar-refractivity contribution in [1.82, 2.24) is 4.90 Å². The van der Waals surface area contributed by atoms with Gasteiger partial charge in [-0.05, 0) is 43.2 Å². The highest BCUT2D eigenvalue weighted by atomic mass is 35.5. The SMILES string of the molecule is C=C1C(=N)N(c2cc(C)ccc2C)N=C1C#N.C=C1C(=N)N(c2ccc(Cl)c(OC)c2)N=C1C(=O)N(C)C. The molecule has 0 radical (unpaired) electrons. The molecule has 11 heteroatoms. The van der Waals surface area contributed by atoms with Gasteiger partial charge in [-0.3, -0.25) is 15.6 Å². The Labute approximate surface area is 226 Å². The molecule has 1 amide bonds. The van der Waals surface area contributed by atoms with E-state index in [1.807, 2.05) is 38.1 Å². The molecule has 2 heterocycles. The molecule has 2 aliphatic heterocycles. The molecule has 2 aromatic rings. The van der Waals surface area contributed by atoms with Gasteiger partial charge >= 0.3 is 0 Å². The lowest BCUT2D eigenvalue weighted by Crippen LogP contribution is -2.30. The number of carbonyl (C=O) groups is 1. The first-order valence-electron chi connectivity index (χ1n) is 11.3. The highest BCUT2D eigenvalue weighted by molar-refractivity contribution is 6.54. The summed E-state index contributed by atoms with van der Waals surface area (Å²) in [5, 5.41) is 36.4. The van der Waals surface area contributed by atoms with Crippen molar-refractivity contribution in [2.75, 3.05) is 31.2 Å². The summed E-state index contributed by atoms with van der Waals surface area (Å²) < 4.78 is 5.14. The third kappa shape index (κ3) is 5.33. The summed E-state index contributed by atoms with van der Waals surface area (Å²) >= 11 is 5.98. The van der Waals surface area contributed by atoms with E-state index in [1.165, 1.54) is 22.0 Å². The predicted octanol–water partition coefficient (Wildman–Crippen LogP) is 4.68. The van der Waals surface area contributed by atoms with Crippen molar-refractivity contribution in [3.8, 4) is 11.8 Å². The number of hydrazone groups is 2. The van der Waals surface area contributed by atoms with Crippen LogP contribution in [0.1, 0.15) is 11.1 Å². The molecule has 0 saturated carbocycles. The summed E-state index contributed by atoms with van der Waals surface area (Å²) in [5.41, 5.74) is 4.50. The van der Waals surface area contributed by atoms with Crippen LogP contribution in [0.4, 0.5) is 11.4 Å². The fourth-order valence-corrected chi connectivity index (χ4v) is 3.66. The average Bonchev–Trinajstić information content (AvgIpc) is 3.35. The molecular weight excluding hydrogens is 504 g/mol. The van der Waals surface area contributed by atoms with Crippen molar-refractivity contribution in [1.29, 1.82) is 16.1 Å².